The van der Waals surface area contributed by atoms with E-state index in [-0.39, 0.29) is 11.8 Å². The van der Waals surface area contributed by atoms with Gasteiger partial charge in [-0.25, -0.2) is 4.79 Å². The van der Waals surface area contributed by atoms with Gasteiger partial charge < -0.3 is 10.1 Å². The number of carbonyl (C=O) groups is 2. The van der Waals surface area contributed by atoms with Crippen LogP contribution in [-0.2, 0) is 9.53 Å². The van der Waals surface area contributed by atoms with E-state index in [9.17, 15) is 9.59 Å². The van der Waals surface area contributed by atoms with E-state index < -0.39 is 11.7 Å². The van der Waals surface area contributed by atoms with Crippen molar-refractivity contribution in [2.45, 2.75) is 58.6 Å². The zero-order valence-corrected chi connectivity index (χ0v) is 11.7. The fourth-order valence-electron chi connectivity index (χ4n) is 1.67. The molecule has 1 saturated carbocycles. The molecule has 1 N–H and O–H groups in total. The van der Waals surface area contributed by atoms with Crippen LogP contribution in [0.2, 0.25) is 0 Å². The number of alkyl carbamates (subject to hydrolysis) is 1. The lowest BCUT2D eigenvalue weighted by Crippen LogP contribution is -2.41. The Kier molecular flexibility index (Phi) is 4.54. The second-order valence-corrected chi connectivity index (χ2v) is 6.00. The van der Waals surface area contributed by atoms with Gasteiger partial charge in [0.05, 0.1) is 0 Å². The standard InChI is InChI=1S/C14H23NO3/c1-9(2)12(16)8-11(10-6-7-10)15-13(17)18-14(3,4)5/h10-11H,1,6-8H2,2-5H3,(H,15,17). The molecule has 0 aromatic carbocycles. The molecule has 4 nitrogen and oxygen atoms in total. The largest absolute Gasteiger partial charge is 0.444 e. The highest BCUT2D eigenvalue weighted by Crippen LogP contribution is 2.34. The molecule has 0 radical (unpaired) electrons. The summed E-state index contributed by atoms with van der Waals surface area (Å²) in [6.45, 7) is 10.8. The zero-order valence-electron chi connectivity index (χ0n) is 11.7. The number of Topliss-reactive ketones (excluding diaryl/α,β-unsaturated/α-hetero) is 1. The summed E-state index contributed by atoms with van der Waals surface area (Å²) >= 11 is 0. The Morgan fingerprint density at radius 2 is 1.94 bits per heavy atom. The molecule has 0 bridgehead atoms. The average Bonchev–Trinajstić information content (AvgIpc) is 2.95. The molecule has 0 heterocycles. The Hall–Kier alpha value is -1.32. The number of carbonyl (C=O) groups excluding carboxylic acids is 2. The van der Waals surface area contributed by atoms with Gasteiger partial charge in [0.15, 0.2) is 5.78 Å². The molecule has 0 aliphatic heterocycles. The van der Waals surface area contributed by atoms with E-state index in [1.54, 1.807) is 6.92 Å². The van der Waals surface area contributed by atoms with Crippen molar-refractivity contribution in [3.05, 3.63) is 12.2 Å². The lowest BCUT2D eigenvalue weighted by molar-refractivity contribution is -0.116. The molecule has 4 heteroatoms. The van der Waals surface area contributed by atoms with Gasteiger partial charge in [0.2, 0.25) is 0 Å². The summed E-state index contributed by atoms with van der Waals surface area (Å²) in [6.07, 6.45) is 1.99. The van der Waals surface area contributed by atoms with Crippen LogP contribution < -0.4 is 5.32 Å². The van der Waals surface area contributed by atoms with Gasteiger partial charge in [-0.1, -0.05) is 6.58 Å². The maximum absolute atomic E-state index is 11.7. The number of rotatable bonds is 5. The predicted molar refractivity (Wildman–Crippen MR) is 70.3 cm³/mol. The van der Waals surface area contributed by atoms with E-state index in [0.29, 0.717) is 17.9 Å². The minimum absolute atomic E-state index is 0.00274. The number of ether oxygens (including phenoxy) is 1. The molecule has 0 aromatic rings. The van der Waals surface area contributed by atoms with Crippen LogP contribution in [0.25, 0.3) is 0 Å². The molecule has 1 unspecified atom stereocenters. The summed E-state index contributed by atoms with van der Waals surface area (Å²) in [4.78, 5) is 23.3. The molecule has 18 heavy (non-hydrogen) atoms. The Morgan fingerprint density at radius 3 is 2.33 bits per heavy atom. The van der Waals surface area contributed by atoms with Crippen molar-refractivity contribution >= 4 is 11.9 Å². The van der Waals surface area contributed by atoms with Crippen LogP contribution in [0.1, 0.15) is 47.0 Å². The Labute approximate surface area is 109 Å². The fourth-order valence-corrected chi connectivity index (χ4v) is 1.67. The summed E-state index contributed by atoms with van der Waals surface area (Å²) in [5, 5.41) is 2.80. The van der Waals surface area contributed by atoms with Crippen LogP contribution >= 0.6 is 0 Å². The normalized spacial score (nSPS) is 16.9. The second kappa shape index (κ2) is 5.55. The highest BCUT2D eigenvalue weighted by atomic mass is 16.6. The maximum atomic E-state index is 11.7. The molecule has 0 saturated heterocycles. The quantitative estimate of drug-likeness (QED) is 0.766. The van der Waals surface area contributed by atoms with Crippen molar-refractivity contribution in [2.24, 2.45) is 5.92 Å². The molecule has 0 aromatic heterocycles. The molecule has 1 amide bonds. The number of hydrogen-bond donors (Lipinski definition) is 1. The first-order valence-electron chi connectivity index (χ1n) is 6.37. The molecule has 1 rings (SSSR count). The van der Waals surface area contributed by atoms with E-state index in [1.807, 2.05) is 20.8 Å². The molecule has 1 aliphatic carbocycles. The van der Waals surface area contributed by atoms with Crippen LogP contribution in [0.4, 0.5) is 4.79 Å². The maximum Gasteiger partial charge on any atom is 0.407 e. The Balaban J connectivity index is 2.51. The zero-order chi connectivity index (χ0) is 13.9. The van der Waals surface area contributed by atoms with E-state index in [4.69, 9.17) is 4.74 Å². The van der Waals surface area contributed by atoms with Gasteiger partial charge in [-0.3, -0.25) is 4.79 Å². The lowest BCUT2D eigenvalue weighted by Gasteiger charge is -2.23. The van der Waals surface area contributed by atoms with E-state index in [2.05, 4.69) is 11.9 Å². The van der Waals surface area contributed by atoms with Crippen molar-refractivity contribution in [3.63, 3.8) is 0 Å². The first kappa shape index (κ1) is 14.7. The molecule has 0 spiro atoms. The van der Waals surface area contributed by atoms with Crippen molar-refractivity contribution in [1.82, 2.24) is 5.32 Å². The molecule has 1 atom stereocenters. The number of allylic oxidation sites excluding steroid dienone is 1. The average molecular weight is 253 g/mol. The Morgan fingerprint density at radius 1 is 1.39 bits per heavy atom. The Bertz CT molecular complexity index is 351. The van der Waals surface area contributed by atoms with E-state index >= 15 is 0 Å². The lowest BCUT2D eigenvalue weighted by atomic mass is 10.0. The van der Waals surface area contributed by atoms with Crippen LogP contribution in [-0.4, -0.2) is 23.5 Å². The molecule has 1 fully saturated rings. The molecular weight excluding hydrogens is 230 g/mol. The number of nitrogens with one attached hydrogen (secondary N) is 1. The topological polar surface area (TPSA) is 55.4 Å². The van der Waals surface area contributed by atoms with E-state index in [0.717, 1.165) is 12.8 Å². The van der Waals surface area contributed by atoms with Gasteiger partial charge >= 0.3 is 6.09 Å². The third kappa shape index (κ3) is 5.34. The molecular formula is C14H23NO3. The van der Waals surface area contributed by atoms with Gasteiger partial charge in [0.1, 0.15) is 5.60 Å². The summed E-state index contributed by atoms with van der Waals surface area (Å²) < 4.78 is 5.20. The summed E-state index contributed by atoms with van der Waals surface area (Å²) in [5.41, 5.74) is 0.0166. The first-order valence-corrected chi connectivity index (χ1v) is 6.37. The van der Waals surface area contributed by atoms with Gasteiger partial charge in [-0.15, -0.1) is 0 Å². The minimum atomic E-state index is -0.517. The van der Waals surface area contributed by atoms with Crippen molar-refractivity contribution < 1.29 is 14.3 Å². The highest BCUT2D eigenvalue weighted by molar-refractivity contribution is 5.94. The summed E-state index contributed by atoms with van der Waals surface area (Å²) in [7, 11) is 0. The van der Waals surface area contributed by atoms with Gasteiger partial charge in [-0.05, 0) is 52.0 Å². The van der Waals surface area contributed by atoms with Gasteiger partial charge in [-0.2, -0.15) is 0 Å². The monoisotopic (exact) mass is 253 g/mol. The third-order valence-corrected chi connectivity index (χ3v) is 2.77. The summed E-state index contributed by atoms with van der Waals surface area (Å²) in [5.74, 6) is 0.406. The number of hydrogen-bond acceptors (Lipinski definition) is 3. The van der Waals surface area contributed by atoms with Crippen molar-refractivity contribution in [1.29, 1.82) is 0 Å². The number of ketones is 1. The van der Waals surface area contributed by atoms with Crippen LogP contribution in [0.3, 0.4) is 0 Å². The number of amides is 1. The fraction of sp³-hybridized carbons (Fsp3) is 0.714. The predicted octanol–water partition coefficient (Wildman–Crippen LogP) is 2.83. The summed E-state index contributed by atoms with van der Waals surface area (Å²) in [6, 6.07) is -0.121. The van der Waals surface area contributed by atoms with Crippen LogP contribution in [0.15, 0.2) is 12.2 Å². The molecule has 102 valence electrons. The van der Waals surface area contributed by atoms with Crippen molar-refractivity contribution in [2.75, 3.05) is 0 Å². The SMILES string of the molecule is C=C(C)C(=O)CC(NC(=O)OC(C)(C)C)C1CC1. The first-order chi connectivity index (χ1) is 8.19. The van der Waals surface area contributed by atoms with Crippen LogP contribution in [0.5, 0.6) is 0 Å². The smallest absolute Gasteiger partial charge is 0.407 e. The minimum Gasteiger partial charge on any atom is -0.444 e. The van der Waals surface area contributed by atoms with E-state index in [1.165, 1.54) is 0 Å². The van der Waals surface area contributed by atoms with Gasteiger partial charge in [0, 0.05) is 12.5 Å². The third-order valence-electron chi connectivity index (χ3n) is 2.77. The molecule has 1 aliphatic rings. The van der Waals surface area contributed by atoms with Crippen LogP contribution in [0, 0.1) is 5.92 Å². The van der Waals surface area contributed by atoms with Gasteiger partial charge in [0.25, 0.3) is 0 Å². The highest BCUT2D eigenvalue weighted by Gasteiger charge is 2.34. The van der Waals surface area contributed by atoms with Crippen molar-refractivity contribution in [3.8, 4) is 0 Å². The second-order valence-electron chi connectivity index (χ2n) is 6.00.